The van der Waals surface area contributed by atoms with E-state index in [9.17, 15) is 65.9 Å². The van der Waals surface area contributed by atoms with Gasteiger partial charge in [0.1, 0.15) is 0 Å². The Hall–Kier alpha value is -1.05. The third-order valence-electron chi connectivity index (χ3n) is 4.24. The molecule has 0 bridgehead atoms. The van der Waals surface area contributed by atoms with Gasteiger partial charge in [0.05, 0.1) is 0 Å². The van der Waals surface area contributed by atoms with Gasteiger partial charge in [-0.05, 0) is 6.42 Å². The first-order valence-corrected chi connectivity index (χ1v) is 8.40. The highest BCUT2D eigenvalue weighted by molar-refractivity contribution is 5.12. The normalized spacial score (nSPS) is 15.6. The summed E-state index contributed by atoms with van der Waals surface area (Å²) in [4.78, 5) is 0. The molecule has 15 heteroatoms. The summed E-state index contributed by atoms with van der Waals surface area (Å²) in [5.74, 6) is -45.8. The van der Waals surface area contributed by atoms with Crippen molar-refractivity contribution in [3.8, 4) is 0 Å². The van der Waals surface area contributed by atoms with Crippen LogP contribution in [0.3, 0.4) is 0 Å². The molecule has 0 aliphatic rings. The van der Waals surface area contributed by atoms with Crippen molar-refractivity contribution in [1.29, 1.82) is 0 Å². The van der Waals surface area contributed by atoms with Gasteiger partial charge < -0.3 is 0 Å². The van der Waals surface area contributed by atoms with Crippen LogP contribution in [0.4, 0.5) is 65.9 Å². The lowest BCUT2D eigenvalue weighted by Crippen LogP contribution is -2.72. The third-order valence-corrected chi connectivity index (χ3v) is 4.24. The van der Waals surface area contributed by atoms with Crippen molar-refractivity contribution >= 4 is 0 Å². The van der Waals surface area contributed by atoms with Crippen LogP contribution in [-0.4, -0.2) is 41.7 Å². The minimum absolute atomic E-state index is 0.151. The molecule has 0 spiro atoms. The SMILES string of the molecule is CCCCCCCCC(F)(F)C(F)(F)C(F)(F)C(F)(F)C(F)(F)C(F)(F)C(F)(F)F. The third kappa shape index (κ3) is 4.73. The Bertz CT molecular complexity index is 547. The fourth-order valence-electron chi connectivity index (χ4n) is 2.28. The molecule has 182 valence electrons. The molecule has 0 aromatic rings. The first kappa shape index (κ1) is 28.9. The largest absolute Gasteiger partial charge is 0.460 e. The van der Waals surface area contributed by atoms with Crippen LogP contribution in [0.25, 0.3) is 0 Å². The highest BCUT2D eigenvalue weighted by atomic mass is 19.4. The smallest absolute Gasteiger partial charge is 0.200 e. The maximum Gasteiger partial charge on any atom is 0.460 e. The molecule has 0 aromatic carbocycles. The molecule has 0 amide bonds. The van der Waals surface area contributed by atoms with E-state index in [4.69, 9.17) is 0 Å². The Morgan fingerprint density at radius 2 is 0.733 bits per heavy atom. The summed E-state index contributed by atoms with van der Waals surface area (Å²) >= 11 is 0. The van der Waals surface area contributed by atoms with E-state index in [1.165, 1.54) is 0 Å². The topological polar surface area (TPSA) is 0 Å². The van der Waals surface area contributed by atoms with Gasteiger partial charge in [-0.25, -0.2) is 0 Å². The zero-order chi connectivity index (χ0) is 24.4. The Morgan fingerprint density at radius 3 is 1.13 bits per heavy atom. The molecule has 0 aliphatic carbocycles. The lowest BCUT2D eigenvalue weighted by molar-refractivity contribution is -0.452. The molecular formula is C15H17F15. The maximum absolute atomic E-state index is 13.5. The molecule has 0 aromatic heterocycles. The molecule has 0 aliphatic heterocycles. The van der Waals surface area contributed by atoms with E-state index in [1.54, 1.807) is 6.92 Å². The molecule has 30 heavy (non-hydrogen) atoms. The predicted molar refractivity (Wildman–Crippen MR) is 73.7 cm³/mol. The molecule has 0 nitrogen and oxygen atoms in total. The molecular weight excluding hydrogens is 465 g/mol. The van der Waals surface area contributed by atoms with E-state index in [-0.39, 0.29) is 12.8 Å². The van der Waals surface area contributed by atoms with Gasteiger partial charge in [0.25, 0.3) is 0 Å². The minimum atomic E-state index is -8.20. The molecule has 0 radical (unpaired) electrons. The average molecular weight is 482 g/mol. The zero-order valence-corrected chi connectivity index (χ0v) is 15.1. The van der Waals surface area contributed by atoms with E-state index in [0.29, 0.717) is 19.3 Å². The van der Waals surface area contributed by atoms with Gasteiger partial charge in [0, 0.05) is 6.42 Å². The standard InChI is InChI=1S/C15H17F15/c1-2-3-4-5-6-7-8-9(16,17)10(18,19)11(20,21)12(22,23)13(24,25)14(26,27)15(28,29)30/h2-8H2,1H3. The fourth-order valence-corrected chi connectivity index (χ4v) is 2.28. The summed E-state index contributed by atoms with van der Waals surface area (Å²) in [6.07, 6.45) is -9.18. The first-order chi connectivity index (χ1) is 13.1. The van der Waals surface area contributed by atoms with E-state index in [2.05, 4.69) is 0 Å². The second-order valence-electron chi connectivity index (χ2n) is 6.59. The molecule has 0 saturated heterocycles. The zero-order valence-electron chi connectivity index (χ0n) is 15.1. The second-order valence-corrected chi connectivity index (χ2v) is 6.59. The highest BCUT2D eigenvalue weighted by Gasteiger charge is 2.93. The number of alkyl halides is 15. The van der Waals surface area contributed by atoms with Gasteiger partial charge in [-0.3, -0.25) is 0 Å². The highest BCUT2D eigenvalue weighted by Crippen LogP contribution is 2.62. The number of halogens is 15. The Kier molecular flexibility index (Phi) is 8.52. The van der Waals surface area contributed by atoms with Crippen molar-refractivity contribution < 1.29 is 65.9 Å². The van der Waals surface area contributed by atoms with Crippen LogP contribution >= 0.6 is 0 Å². The van der Waals surface area contributed by atoms with Crippen molar-refractivity contribution in [2.45, 2.75) is 93.6 Å². The summed E-state index contributed by atoms with van der Waals surface area (Å²) in [5.41, 5.74) is 0. The van der Waals surface area contributed by atoms with Gasteiger partial charge in [-0.1, -0.05) is 39.0 Å². The van der Waals surface area contributed by atoms with Crippen LogP contribution in [0.2, 0.25) is 0 Å². The van der Waals surface area contributed by atoms with Crippen LogP contribution in [-0.2, 0) is 0 Å². The number of rotatable bonds is 12. The molecule has 0 saturated carbocycles. The van der Waals surface area contributed by atoms with Gasteiger partial charge in [-0.2, -0.15) is 65.9 Å². The van der Waals surface area contributed by atoms with Crippen LogP contribution < -0.4 is 0 Å². The molecule has 0 unspecified atom stereocenters. The predicted octanol–water partition coefficient (Wildman–Crippen LogP) is 8.11. The fraction of sp³-hybridized carbons (Fsp3) is 1.00. The monoisotopic (exact) mass is 482 g/mol. The van der Waals surface area contributed by atoms with Crippen molar-refractivity contribution in [3.05, 3.63) is 0 Å². The van der Waals surface area contributed by atoms with Crippen LogP contribution in [0.5, 0.6) is 0 Å². The summed E-state index contributed by atoms with van der Waals surface area (Å²) in [6, 6.07) is 0. The van der Waals surface area contributed by atoms with E-state index >= 15 is 0 Å². The lowest BCUT2D eigenvalue weighted by Gasteiger charge is -2.41. The minimum Gasteiger partial charge on any atom is -0.200 e. The number of hydrogen-bond acceptors (Lipinski definition) is 0. The van der Waals surface area contributed by atoms with Gasteiger partial charge in [-0.15, -0.1) is 0 Å². The van der Waals surface area contributed by atoms with Crippen LogP contribution in [0, 0.1) is 0 Å². The Morgan fingerprint density at radius 1 is 0.400 bits per heavy atom. The first-order valence-electron chi connectivity index (χ1n) is 8.40. The Labute approximate surface area is 160 Å². The molecule has 0 heterocycles. The van der Waals surface area contributed by atoms with Gasteiger partial charge in [0.15, 0.2) is 0 Å². The van der Waals surface area contributed by atoms with E-state index in [1.807, 2.05) is 0 Å². The lowest BCUT2D eigenvalue weighted by atomic mass is 9.89. The molecule has 0 fully saturated rings. The molecule has 0 N–H and O–H groups in total. The summed E-state index contributed by atoms with van der Waals surface area (Å²) in [7, 11) is 0. The second kappa shape index (κ2) is 8.83. The van der Waals surface area contributed by atoms with Gasteiger partial charge in [0.2, 0.25) is 0 Å². The molecule has 0 atom stereocenters. The van der Waals surface area contributed by atoms with Crippen LogP contribution in [0.1, 0.15) is 51.9 Å². The quantitative estimate of drug-likeness (QED) is 0.195. The summed E-state index contributed by atoms with van der Waals surface area (Å²) in [6.45, 7) is 1.75. The van der Waals surface area contributed by atoms with Gasteiger partial charge >= 0.3 is 41.7 Å². The maximum atomic E-state index is 13.5. The van der Waals surface area contributed by atoms with Crippen molar-refractivity contribution in [2.24, 2.45) is 0 Å². The number of hydrogen-bond donors (Lipinski definition) is 0. The average Bonchev–Trinajstić information content (AvgIpc) is 2.56. The summed E-state index contributed by atoms with van der Waals surface area (Å²) < 4.78 is 194. The van der Waals surface area contributed by atoms with Crippen molar-refractivity contribution in [3.63, 3.8) is 0 Å². The summed E-state index contributed by atoms with van der Waals surface area (Å²) in [5, 5.41) is 0. The van der Waals surface area contributed by atoms with Crippen molar-refractivity contribution in [2.75, 3.05) is 0 Å². The van der Waals surface area contributed by atoms with E-state index in [0.717, 1.165) is 0 Å². The van der Waals surface area contributed by atoms with E-state index < -0.39 is 54.6 Å². The number of unbranched alkanes of at least 4 members (excludes halogenated alkanes) is 5. The Balaban J connectivity index is 5.83. The van der Waals surface area contributed by atoms with Crippen LogP contribution in [0.15, 0.2) is 0 Å². The molecule has 0 rings (SSSR count). The van der Waals surface area contributed by atoms with Crippen molar-refractivity contribution in [1.82, 2.24) is 0 Å².